The third kappa shape index (κ3) is 4.90. The third-order valence-corrected chi connectivity index (χ3v) is 4.64. The Bertz CT molecular complexity index is 930. The van der Waals surface area contributed by atoms with E-state index in [1.54, 1.807) is 12.1 Å². The first kappa shape index (κ1) is 20.3. The highest BCUT2D eigenvalue weighted by atomic mass is 16.2. The highest BCUT2D eigenvalue weighted by Gasteiger charge is 2.31. The number of carbonyl (C=O) groups excluding carboxylic acids is 3. The van der Waals surface area contributed by atoms with Gasteiger partial charge in [0.05, 0.1) is 0 Å². The van der Waals surface area contributed by atoms with Gasteiger partial charge in [0.25, 0.3) is 5.91 Å². The van der Waals surface area contributed by atoms with Crippen LogP contribution in [0.3, 0.4) is 0 Å². The lowest BCUT2D eigenvalue weighted by atomic mass is 10.1. The van der Waals surface area contributed by atoms with Crippen molar-refractivity contribution < 1.29 is 14.4 Å². The number of hydrogen-bond acceptors (Lipinski definition) is 3. The van der Waals surface area contributed by atoms with Crippen molar-refractivity contribution in [3.63, 3.8) is 0 Å². The van der Waals surface area contributed by atoms with Crippen molar-refractivity contribution in [3.8, 4) is 0 Å². The number of benzene rings is 2. The zero-order chi connectivity index (χ0) is 21.0. The zero-order valence-corrected chi connectivity index (χ0v) is 16.7. The number of hydrogen-bond donors (Lipinski definition) is 2. The van der Waals surface area contributed by atoms with Gasteiger partial charge in [0.2, 0.25) is 11.8 Å². The van der Waals surface area contributed by atoms with Crippen molar-refractivity contribution in [2.75, 3.05) is 11.9 Å². The Hall–Kier alpha value is -3.41. The third-order valence-electron chi connectivity index (χ3n) is 4.64. The molecule has 0 saturated heterocycles. The molecular formula is C23H25N3O3. The number of rotatable bonds is 7. The molecular weight excluding hydrogens is 366 g/mol. The Morgan fingerprint density at radius 3 is 2.45 bits per heavy atom. The fourth-order valence-electron chi connectivity index (χ4n) is 3.24. The van der Waals surface area contributed by atoms with Crippen molar-refractivity contribution in [2.45, 2.75) is 26.8 Å². The summed E-state index contributed by atoms with van der Waals surface area (Å²) in [6.07, 6.45) is 0.455. The van der Waals surface area contributed by atoms with Crippen LogP contribution in [0.5, 0.6) is 0 Å². The van der Waals surface area contributed by atoms with Crippen LogP contribution in [0.2, 0.25) is 0 Å². The van der Waals surface area contributed by atoms with E-state index in [9.17, 15) is 14.4 Å². The highest BCUT2D eigenvalue weighted by molar-refractivity contribution is 6.10. The van der Waals surface area contributed by atoms with Crippen LogP contribution in [-0.4, -0.2) is 29.2 Å². The molecule has 2 aromatic carbocycles. The summed E-state index contributed by atoms with van der Waals surface area (Å²) in [4.78, 5) is 38.2. The van der Waals surface area contributed by atoms with Gasteiger partial charge in [0.1, 0.15) is 6.54 Å². The van der Waals surface area contributed by atoms with Crippen molar-refractivity contribution >= 4 is 29.1 Å². The molecule has 6 nitrogen and oxygen atoms in total. The smallest absolute Gasteiger partial charge is 0.259 e. The van der Waals surface area contributed by atoms with Crippen molar-refractivity contribution in [3.05, 3.63) is 71.8 Å². The van der Waals surface area contributed by atoms with E-state index in [4.69, 9.17) is 0 Å². The maximum absolute atomic E-state index is 12.5. The summed E-state index contributed by atoms with van der Waals surface area (Å²) in [5.41, 5.74) is 3.41. The van der Waals surface area contributed by atoms with Crippen LogP contribution in [0.25, 0.3) is 5.70 Å². The van der Waals surface area contributed by atoms with Gasteiger partial charge in [-0.1, -0.05) is 50.8 Å². The number of amides is 3. The lowest BCUT2D eigenvalue weighted by Gasteiger charge is -2.17. The summed E-state index contributed by atoms with van der Waals surface area (Å²) in [6.45, 7) is 8.14. The molecule has 29 heavy (non-hydrogen) atoms. The van der Waals surface area contributed by atoms with Crippen LogP contribution < -0.4 is 10.6 Å². The molecule has 0 aromatic heterocycles. The summed E-state index contributed by atoms with van der Waals surface area (Å²) in [7, 11) is 0. The molecule has 1 aliphatic rings. The van der Waals surface area contributed by atoms with Gasteiger partial charge in [-0.05, 0) is 29.7 Å². The molecule has 0 spiro atoms. The van der Waals surface area contributed by atoms with Crippen LogP contribution in [0.1, 0.15) is 41.8 Å². The second kappa shape index (κ2) is 8.73. The van der Waals surface area contributed by atoms with E-state index < -0.39 is 0 Å². The number of anilines is 1. The van der Waals surface area contributed by atoms with Crippen LogP contribution in [0.4, 0.5) is 5.69 Å². The number of carbonyl (C=O) groups is 3. The predicted molar refractivity (Wildman–Crippen MR) is 113 cm³/mol. The van der Waals surface area contributed by atoms with Crippen LogP contribution in [0.15, 0.2) is 55.1 Å². The maximum Gasteiger partial charge on any atom is 0.259 e. The summed E-state index contributed by atoms with van der Waals surface area (Å²) in [6, 6.07) is 14.5. The summed E-state index contributed by atoms with van der Waals surface area (Å²) in [5.74, 6) is -0.240. The lowest BCUT2D eigenvalue weighted by molar-refractivity contribution is -0.121. The fourth-order valence-corrected chi connectivity index (χ4v) is 3.24. The Kier molecular flexibility index (Phi) is 6.12. The standard InChI is InChI=1S/C23H25N3O3/c1-15(2)11-21(27)25-18-8-6-7-17(12-18)13-24-22(28)14-26-16(3)19-9-4-5-10-20(19)23(26)29/h4-10,12,15H,3,11,13-14H2,1-2H3,(H,24,28)(H,25,27). The molecule has 0 atom stereocenters. The summed E-state index contributed by atoms with van der Waals surface area (Å²) >= 11 is 0. The fraction of sp³-hybridized carbons (Fsp3) is 0.261. The molecule has 0 bridgehead atoms. The Balaban J connectivity index is 1.55. The van der Waals surface area contributed by atoms with Crippen LogP contribution in [0, 0.1) is 5.92 Å². The maximum atomic E-state index is 12.5. The van der Waals surface area contributed by atoms with E-state index in [1.807, 2.05) is 50.2 Å². The lowest BCUT2D eigenvalue weighted by Crippen LogP contribution is -2.36. The monoisotopic (exact) mass is 391 g/mol. The van der Waals surface area contributed by atoms with Crippen LogP contribution in [-0.2, 0) is 16.1 Å². The van der Waals surface area contributed by atoms with E-state index in [0.717, 1.165) is 11.1 Å². The predicted octanol–water partition coefficient (Wildman–Crippen LogP) is 3.41. The highest BCUT2D eigenvalue weighted by Crippen LogP contribution is 2.30. The van der Waals surface area contributed by atoms with Gasteiger partial charge in [0.15, 0.2) is 0 Å². The molecule has 6 heteroatoms. The molecule has 0 radical (unpaired) electrons. The van der Waals surface area contributed by atoms with Gasteiger partial charge >= 0.3 is 0 Å². The average Bonchev–Trinajstić information content (AvgIpc) is 2.91. The molecule has 1 heterocycles. The number of nitrogens with one attached hydrogen (secondary N) is 2. The van der Waals surface area contributed by atoms with Gasteiger partial charge in [-0.2, -0.15) is 0 Å². The first-order valence-corrected chi connectivity index (χ1v) is 9.61. The quantitative estimate of drug-likeness (QED) is 0.759. The molecule has 0 unspecified atom stereocenters. The molecule has 3 rings (SSSR count). The van der Waals surface area contributed by atoms with E-state index in [-0.39, 0.29) is 30.2 Å². The normalized spacial score (nSPS) is 12.9. The second-order valence-corrected chi connectivity index (χ2v) is 7.51. The Morgan fingerprint density at radius 1 is 1.03 bits per heavy atom. The van der Waals surface area contributed by atoms with E-state index >= 15 is 0 Å². The molecule has 2 aromatic rings. The first-order valence-electron chi connectivity index (χ1n) is 9.61. The van der Waals surface area contributed by atoms with Gasteiger partial charge in [-0.3, -0.25) is 19.3 Å². The Morgan fingerprint density at radius 2 is 1.76 bits per heavy atom. The molecule has 0 fully saturated rings. The van der Waals surface area contributed by atoms with Gasteiger partial charge < -0.3 is 10.6 Å². The van der Waals surface area contributed by atoms with E-state index in [2.05, 4.69) is 17.2 Å². The summed E-state index contributed by atoms with van der Waals surface area (Å²) < 4.78 is 0. The number of fused-ring (bicyclic) bond motifs is 1. The molecule has 0 saturated carbocycles. The molecule has 0 aliphatic carbocycles. The van der Waals surface area contributed by atoms with Crippen LogP contribution >= 0.6 is 0 Å². The topological polar surface area (TPSA) is 78.5 Å². The molecule has 150 valence electrons. The Labute approximate surface area is 170 Å². The first-order chi connectivity index (χ1) is 13.8. The molecule has 3 amide bonds. The average molecular weight is 391 g/mol. The van der Waals surface area contributed by atoms with Gasteiger partial charge in [-0.25, -0.2) is 0 Å². The molecule has 1 aliphatic heterocycles. The minimum atomic E-state index is -0.276. The SMILES string of the molecule is C=C1c2ccccc2C(=O)N1CC(=O)NCc1cccc(NC(=O)CC(C)C)c1. The van der Waals surface area contributed by atoms with E-state index in [0.29, 0.717) is 29.9 Å². The second-order valence-electron chi connectivity index (χ2n) is 7.51. The van der Waals surface area contributed by atoms with Gasteiger partial charge in [0, 0.05) is 35.5 Å². The van der Waals surface area contributed by atoms with Crippen molar-refractivity contribution in [2.24, 2.45) is 5.92 Å². The minimum Gasteiger partial charge on any atom is -0.350 e. The molecule has 2 N–H and O–H groups in total. The van der Waals surface area contributed by atoms with Gasteiger partial charge in [-0.15, -0.1) is 0 Å². The van der Waals surface area contributed by atoms with Crippen molar-refractivity contribution in [1.29, 1.82) is 0 Å². The van der Waals surface area contributed by atoms with E-state index in [1.165, 1.54) is 4.90 Å². The van der Waals surface area contributed by atoms with Crippen molar-refractivity contribution in [1.82, 2.24) is 10.2 Å². The summed E-state index contributed by atoms with van der Waals surface area (Å²) in [5, 5.41) is 5.69. The zero-order valence-electron chi connectivity index (χ0n) is 16.7. The minimum absolute atomic E-state index is 0.0354. The largest absolute Gasteiger partial charge is 0.350 e. The number of nitrogens with zero attached hydrogens (tertiary/aromatic N) is 1.